The minimum atomic E-state index is -3.99. The summed E-state index contributed by atoms with van der Waals surface area (Å²) in [5.41, 5.74) is 0.455. The van der Waals surface area contributed by atoms with Gasteiger partial charge in [0.05, 0.1) is 37.5 Å². The van der Waals surface area contributed by atoms with Crippen molar-refractivity contribution in [2.24, 2.45) is 0 Å². The number of ether oxygens (including phenoxy) is 3. The Hall–Kier alpha value is -2.94. The Kier molecular flexibility index (Phi) is 6.71. The number of hydrogen-bond donors (Lipinski definition) is 1. The monoisotopic (exact) mass is 434 g/mol. The van der Waals surface area contributed by atoms with Crippen molar-refractivity contribution >= 4 is 21.6 Å². The zero-order chi connectivity index (χ0) is 21.7. The van der Waals surface area contributed by atoms with Gasteiger partial charge < -0.3 is 19.1 Å². The van der Waals surface area contributed by atoms with Crippen molar-refractivity contribution in [2.45, 2.75) is 24.2 Å². The summed E-state index contributed by atoms with van der Waals surface area (Å²) in [5.74, 6) is 0.924. The van der Waals surface area contributed by atoms with Crippen LogP contribution in [0.4, 0.5) is 5.69 Å². The molecular weight excluding hydrogens is 408 g/mol. The molecule has 0 aromatic heterocycles. The first-order valence-electron chi connectivity index (χ1n) is 9.61. The number of benzene rings is 2. The molecule has 0 atom stereocenters. The van der Waals surface area contributed by atoms with Crippen LogP contribution in [0.15, 0.2) is 41.3 Å². The molecule has 8 nitrogen and oxygen atoms in total. The van der Waals surface area contributed by atoms with E-state index in [1.165, 1.54) is 45.6 Å². The van der Waals surface area contributed by atoms with Gasteiger partial charge >= 0.3 is 0 Å². The van der Waals surface area contributed by atoms with Gasteiger partial charge in [0.15, 0.2) is 0 Å². The van der Waals surface area contributed by atoms with Crippen LogP contribution in [0.2, 0.25) is 0 Å². The molecule has 1 aliphatic heterocycles. The van der Waals surface area contributed by atoms with Crippen molar-refractivity contribution in [3.05, 3.63) is 42.0 Å². The quantitative estimate of drug-likeness (QED) is 0.720. The zero-order valence-corrected chi connectivity index (χ0v) is 18.1. The lowest BCUT2D eigenvalue weighted by molar-refractivity contribution is 0.0720. The molecule has 1 saturated heterocycles. The first kappa shape index (κ1) is 21.8. The molecule has 3 rings (SSSR count). The lowest BCUT2D eigenvalue weighted by Gasteiger charge is -2.27. The van der Waals surface area contributed by atoms with Gasteiger partial charge in [-0.25, -0.2) is 8.42 Å². The molecule has 0 bridgehead atoms. The predicted octanol–water partition coefficient (Wildman–Crippen LogP) is 3.14. The third-order valence-electron chi connectivity index (χ3n) is 5.01. The molecule has 1 aliphatic rings. The van der Waals surface area contributed by atoms with E-state index in [0.29, 0.717) is 30.3 Å². The first-order chi connectivity index (χ1) is 14.4. The summed E-state index contributed by atoms with van der Waals surface area (Å²) < 4.78 is 44.3. The molecule has 1 amide bonds. The van der Waals surface area contributed by atoms with Crippen LogP contribution in [0.1, 0.15) is 29.6 Å². The maximum absolute atomic E-state index is 13.0. The third-order valence-corrected chi connectivity index (χ3v) is 6.37. The van der Waals surface area contributed by atoms with Crippen LogP contribution >= 0.6 is 0 Å². The maximum atomic E-state index is 13.0. The van der Waals surface area contributed by atoms with Crippen molar-refractivity contribution in [2.75, 3.05) is 39.1 Å². The van der Waals surface area contributed by atoms with E-state index in [-0.39, 0.29) is 22.1 Å². The fourth-order valence-electron chi connectivity index (χ4n) is 3.39. The van der Waals surface area contributed by atoms with Gasteiger partial charge in [0.2, 0.25) is 0 Å². The summed E-state index contributed by atoms with van der Waals surface area (Å²) in [5, 5.41) is 0. The number of hydrogen-bond acceptors (Lipinski definition) is 6. The number of carbonyl (C=O) groups is 1. The summed E-state index contributed by atoms with van der Waals surface area (Å²) in [7, 11) is 0.395. The summed E-state index contributed by atoms with van der Waals surface area (Å²) in [6.45, 7) is 1.30. The smallest absolute Gasteiger partial charge is 0.262 e. The predicted molar refractivity (Wildman–Crippen MR) is 113 cm³/mol. The van der Waals surface area contributed by atoms with Gasteiger partial charge in [-0.15, -0.1) is 0 Å². The van der Waals surface area contributed by atoms with E-state index in [0.717, 1.165) is 19.3 Å². The molecule has 1 fully saturated rings. The fourth-order valence-corrected chi connectivity index (χ4v) is 4.47. The van der Waals surface area contributed by atoms with E-state index in [4.69, 9.17) is 14.2 Å². The van der Waals surface area contributed by atoms with Crippen LogP contribution in [-0.2, 0) is 10.0 Å². The van der Waals surface area contributed by atoms with E-state index in [2.05, 4.69) is 4.72 Å². The number of piperidine rings is 1. The lowest BCUT2D eigenvalue weighted by atomic mass is 10.1. The molecule has 0 saturated carbocycles. The van der Waals surface area contributed by atoms with E-state index in [9.17, 15) is 13.2 Å². The number of nitrogens with one attached hydrogen (secondary N) is 1. The van der Waals surface area contributed by atoms with E-state index in [1.807, 2.05) is 0 Å². The molecule has 0 unspecified atom stereocenters. The SMILES string of the molecule is COc1ccc(OC)c(NS(=O)(=O)c2ccc(OC)c(C(=O)N3CCCCC3)c2)c1. The van der Waals surface area contributed by atoms with Crippen molar-refractivity contribution in [3.8, 4) is 17.2 Å². The van der Waals surface area contributed by atoms with Gasteiger partial charge in [0.1, 0.15) is 17.2 Å². The normalized spacial score (nSPS) is 14.2. The topological polar surface area (TPSA) is 94.2 Å². The Morgan fingerprint density at radius 1 is 0.900 bits per heavy atom. The second-order valence-electron chi connectivity index (χ2n) is 6.89. The van der Waals surface area contributed by atoms with Gasteiger partial charge in [-0.3, -0.25) is 9.52 Å². The highest BCUT2D eigenvalue weighted by Gasteiger charge is 2.25. The zero-order valence-electron chi connectivity index (χ0n) is 17.3. The number of anilines is 1. The fraction of sp³-hybridized carbons (Fsp3) is 0.381. The van der Waals surface area contributed by atoms with Crippen LogP contribution in [0.25, 0.3) is 0 Å². The van der Waals surface area contributed by atoms with Crippen LogP contribution in [0.3, 0.4) is 0 Å². The van der Waals surface area contributed by atoms with Gasteiger partial charge in [0, 0.05) is 19.2 Å². The lowest BCUT2D eigenvalue weighted by Crippen LogP contribution is -2.35. The molecule has 1 N–H and O–H groups in total. The molecular formula is C21H26N2O6S. The van der Waals surface area contributed by atoms with Gasteiger partial charge in [0.25, 0.3) is 15.9 Å². The summed E-state index contributed by atoms with van der Waals surface area (Å²) >= 11 is 0. The molecule has 1 heterocycles. The molecule has 30 heavy (non-hydrogen) atoms. The van der Waals surface area contributed by atoms with Gasteiger partial charge in [-0.1, -0.05) is 0 Å². The van der Waals surface area contributed by atoms with Crippen molar-refractivity contribution < 1.29 is 27.4 Å². The Bertz CT molecular complexity index is 1020. The standard InChI is InChI=1S/C21H26N2O6S/c1-27-15-7-9-20(29-3)18(13-15)22-30(25,26)16-8-10-19(28-2)17(14-16)21(24)23-11-5-4-6-12-23/h7-10,13-14,22H,4-6,11-12H2,1-3H3. The minimum absolute atomic E-state index is 0.0477. The Morgan fingerprint density at radius 3 is 2.20 bits per heavy atom. The largest absolute Gasteiger partial charge is 0.497 e. The van der Waals surface area contributed by atoms with Crippen molar-refractivity contribution in [3.63, 3.8) is 0 Å². The molecule has 2 aromatic rings. The average Bonchev–Trinajstić information content (AvgIpc) is 2.78. The highest BCUT2D eigenvalue weighted by atomic mass is 32.2. The molecule has 162 valence electrons. The Balaban J connectivity index is 1.95. The van der Waals surface area contributed by atoms with Crippen molar-refractivity contribution in [1.29, 1.82) is 0 Å². The second-order valence-corrected chi connectivity index (χ2v) is 8.57. The Morgan fingerprint density at radius 2 is 1.57 bits per heavy atom. The number of rotatable bonds is 7. The second kappa shape index (κ2) is 9.25. The van der Waals surface area contributed by atoms with E-state index >= 15 is 0 Å². The van der Waals surface area contributed by atoms with Crippen LogP contribution < -0.4 is 18.9 Å². The average molecular weight is 435 g/mol. The third kappa shape index (κ3) is 4.62. The van der Waals surface area contributed by atoms with Crippen molar-refractivity contribution in [1.82, 2.24) is 4.90 Å². The maximum Gasteiger partial charge on any atom is 0.262 e. The number of amides is 1. The molecule has 9 heteroatoms. The first-order valence-corrected chi connectivity index (χ1v) is 11.1. The number of sulfonamides is 1. The number of methoxy groups -OCH3 is 3. The Labute approximate surface area is 176 Å². The van der Waals surface area contributed by atoms with Crippen LogP contribution in [-0.4, -0.2) is 53.6 Å². The molecule has 0 radical (unpaired) electrons. The van der Waals surface area contributed by atoms with Gasteiger partial charge in [-0.2, -0.15) is 0 Å². The summed E-state index contributed by atoms with van der Waals surface area (Å²) in [4.78, 5) is 14.7. The van der Waals surface area contributed by atoms with Crippen LogP contribution in [0, 0.1) is 0 Å². The highest BCUT2D eigenvalue weighted by Crippen LogP contribution is 2.32. The highest BCUT2D eigenvalue weighted by molar-refractivity contribution is 7.92. The summed E-state index contributed by atoms with van der Waals surface area (Å²) in [6.07, 6.45) is 2.95. The molecule has 2 aromatic carbocycles. The van der Waals surface area contributed by atoms with Gasteiger partial charge in [-0.05, 0) is 49.6 Å². The van der Waals surface area contributed by atoms with E-state index in [1.54, 1.807) is 17.0 Å². The number of carbonyl (C=O) groups excluding carboxylic acids is 1. The number of nitrogens with zero attached hydrogens (tertiary/aromatic N) is 1. The van der Waals surface area contributed by atoms with E-state index < -0.39 is 10.0 Å². The minimum Gasteiger partial charge on any atom is -0.497 e. The number of likely N-dealkylation sites (tertiary alicyclic amines) is 1. The molecule has 0 aliphatic carbocycles. The van der Waals surface area contributed by atoms with Crippen LogP contribution in [0.5, 0.6) is 17.2 Å². The molecule has 0 spiro atoms. The summed E-state index contributed by atoms with van der Waals surface area (Å²) in [6, 6.07) is 9.05.